The summed E-state index contributed by atoms with van der Waals surface area (Å²) >= 11 is 0. The monoisotopic (exact) mass is 280 g/mol. The van der Waals surface area contributed by atoms with E-state index >= 15 is 0 Å². The van der Waals surface area contributed by atoms with Crippen molar-refractivity contribution in [1.29, 1.82) is 5.26 Å². The summed E-state index contributed by atoms with van der Waals surface area (Å²) < 4.78 is 27.8. The second-order valence-corrected chi connectivity index (χ2v) is 5.67. The summed E-state index contributed by atoms with van der Waals surface area (Å²) in [7, 11) is 0. The van der Waals surface area contributed by atoms with E-state index in [-0.39, 0.29) is 17.9 Å². The van der Waals surface area contributed by atoms with Gasteiger partial charge in [-0.2, -0.15) is 5.26 Å². The molecule has 5 heteroatoms. The molecule has 0 saturated heterocycles. The Morgan fingerprint density at radius 2 is 1.90 bits per heavy atom. The molecule has 0 spiro atoms. The van der Waals surface area contributed by atoms with Gasteiger partial charge in [-0.05, 0) is 43.7 Å². The molecule has 1 saturated carbocycles. The van der Waals surface area contributed by atoms with E-state index in [1.807, 2.05) is 0 Å². The van der Waals surface area contributed by atoms with E-state index in [9.17, 15) is 13.9 Å². The number of hydrogen-bond donors (Lipinski definition) is 2. The molecule has 2 N–H and O–H groups in total. The third-order valence-electron chi connectivity index (χ3n) is 4.10. The zero-order chi connectivity index (χ0) is 14.8. The first-order valence-electron chi connectivity index (χ1n) is 6.78. The second-order valence-electron chi connectivity index (χ2n) is 5.67. The lowest BCUT2D eigenvalue weighted by Crippen LogP contribution is -2.45. The number of nitriles is 1. The Morgan fingerprint density at radius 3 is 2.35 bits per heavy atom. The number of benzene rings is 1. The highest BCUT2D eigenvalue weighted by atomic mass is 19.1. The van der Waals surface area contributed by atoms with E-state index in [2.05, 4.69) is 12.2 Å². The van der Waals surface area contributed by atoms with Crippen LogP contribution in [-0.4, -0.2) is 17.3 Å². The fourth-order valence-corrected chi connectivity index (χ4v) is 2.66. The van der Waals surface area contributed by atoms with Crippen molar-refractivity contribution in [3.05, 3.63) is 29.3 Å². The van der Waals surface area contributed by atoms with Gasteiger partial charge in [-0.1, -0.05) is 6.92 Å². The Morgan fingerprint density at radius 1 is 1.35 bits per heavy atom. The second kappa shape index (κ2) is 5.76. The highest BCUT2D eigenvalue weighted by molar-refractivity contribution is 5.52. The molecule has 1 aliphatic carbocycles. The van der Waals surface area contributed by atoms with Crippen LogP contribution in [0.3, 0.4) is 0 Å². The Hall–Kier alpha value is -1.67. The smallest absolute Gasteiger partial charge is 0.150 e. The van der Waals surface area contributed by atoms with Gasteiger partial charge >= 0.3 is 0 Å². The summed E-state index contributed by atoms with van der Waals surface area (Å²) in [6, 6.07) is 3.72. The summed E-state index contributed by atoms with van der Waals surface area (Å²) in [6.45, 7) is 1.96. The van der Waals surface area contributed by atoms with Crippen LogP contribution in [0, 0.1) is 28.9 Å². The van der Waals surface area contributed by atoms with Crippen LogP contribution in [0.4, 0.5) is 14.5 Å². The molecule has 0 amide bonds. The van der Waals surface area contributed by atoms with Crippen molar-refractivity contribution < 1.29 is 13.9 Å². The summed E-state index contributed by atoms with van der Waals surface area (Å²) in [6.07, 6.45) is 3.16. The maximum absolute atomic E-state index is 13.9. The minimum Gasteiger partial charge on any atom is -0.394 e. The van der Waals surface area contributed by atoms with E-state index in [0.29, 0.717) is 18.8 Å². The number of anilines is 1. The number of nitrogens with zero attached hydrogens (tertiary/aromatic N) is 1. The van der Waals surface area contributed by atoms with Gasteiger partial charge in [-0.15, -0.1) is 0 Å². The molecule has 3 nitrogen and oxygen atoms in total. The van der Waals surface area contributed by atoms with Gasteiger partial charge in [0.25, 0.3) is 0 Å². The van der Waals surface area contributed by atoms with E-state index in [1.165, 1.54) is 0 Å². The first-order chi connectivity index (χ1) is 9.49. The fraction of sp³-hybridized carbons (Fsp3) is 0.533. The van der Waals surface area contributed by atoms with Crippen LogP contribution in [0.1, 0.15) is 38.2 Å². The van der Waals surface area contributed by atoms with Crippen molar-refractivity contribution in [3.8, 4) is 6.07 Å². The molecule has 1 aromatic carbocycles. The molecule has 0 radical (unpaired) electrons. The third kappa shape index (κ3) is 2.91. The van der Waals surface area contributed by atoms with Crippen molar-refractivity contribution in [2.45, 2.75) is 38.1 Å². The molecule has 0 aromatic heterocycles. The normalized spacial score (nSPS) is 26.1. The third-order valence-corrected chi connectivity index (χ3v) is 4.10. The molecule has 20 heavy (non-hydrogen) atoms. The Balaban J connectivity index is 2.27. The molecule has 1 fully saturated rings. The number of rotatable bonds is 3. The van der Waals surface area contributed by atoms with Crippen molar-refractivity contribution in [2.75, 3.05) is 11.9 Å². The predicted molar refractivity (Wildman–Crippen MR) is 72.1 cm³/mol. The topological polar surface area (TPSA) is 56.0 Å². The minimum atomic E-state index is -0.798. The number of aliphatic hydroxyl groups is 1. The maximum atomic E-state index is 13.9. The van der Waals surface area contributed by atoms with Gasteiger partial charge in [0.15, 0.2) is 11.6 Å². The van der Waals surface area contributed by atoms with Crippen LogP contribution in [0.15, 0.2) is 12.1 Å². The average molecular weight is 280 g/mol. The van der Waals surface area contributed by atoms with Gasteiger partial charge in [0.05, 0.1) is 23.8 Å². The molecule has 0 heterocycles. The molecular weight excluding hydrogens is 262 g/mol. The first-order valence-corrected chi connectivity index (χ1v) is 6.78. The zero-order valence-electron chi connectivity index (χ0n) is 11.4. The molecule has 1 aromatic rings. The van der Waals surface area contributed by atoms with Gasteiger partial charge in [-0.3, -0.25) is 0 Å². The first kappa shape index (κ1) is 14.7. The summed E-state index contributed by atoms with van der Waals surface area (Å²) in [5.74, 6) is -1.03. The Bertz CT molecular complexity index is 508. The van der Waals surface area contributed by atoms with Gasteiger partial charge in [0.1, 0.15) is 5.69 Å². The molecular formula is C15H18F2N2O. The lowest BCUT2D eigenvalue weighted by molar-refractivity contribution is 0.154. The Kier molecular flexibility index (Phi) is 4.24. The molecule has 2 rings (SSSR count). The van der Waals surface area contributed by atoms with Gasteiger partial charge in [-0.25, -0.2) is 8.78 Å². The molecule has 0 bridgehead atoms. The van der Waals surface area contributed by atoms with Crippen LogP contribution in [0.5, 0.6) is 0 Å². The van der Waals surface area contributed by atoms with Gasteiger partial charge in [0.2, 0.25) is 0 Å². The summed E-state index contributed by atoms with van der Waals surface area (Å²) in [5.41, 5.74) is -0.990. The fourth-order valence-electron chi connectivity index (χ4n) is 2.66. The van der Waals surface area contributed by atoms with Crippen LogP contribution in [0.25, 0.3) is 0 Å². The van der Waals surface area contributed by atoms with Crippen LogP contribution >= 0.6 is 0 Å². The average Bonchev–Trinajstić information content (AvgIpc) is 2.45. The molecule has 0 atom stereocenters. The lowest BCUT2D eigenvalue weighted by atomic mass is 9.77. The van der Waals surface area contributed by atoms with Crippen molar-refractivity contribution in [1.82, 2.24) is 0 Å². The van der Waals surface area contributed by atoms with E-state index in [1.54, 1.807) is 6.07 Å². The maximum Gasteiger partial charge on any atom is 0.150 e. The Labute approximate surface area is 117 Å². The highest BCUT2D eigenvalue weighted by Crippen LogP contribution is 2.35. The largest absolute Gasteiger partial charge is 0.394 e. The van der Waals surface area contributed by atoms with E-state index < -0.39 is 17.2 Å². The quantitative estimate of drug-likeness (QED) is 0.894. The van der Waals surface area contributed by atoms with Gasteiger partial charge < -0.3 is 10.4 Å². The van der Waals surface area contributed by atoms with Crippen molar-refractivity contribution in [2.24, 2.45) is 5.92 Å². The number of nitrogens with one attached hydrogen (secondary N) is 1. The van der Waals surface area contributed by atoms with Crippen LogP contribution in [0.2, 0.25) is 0 Å². The van der Waals surface area contributed by atoms with E-state index in [0.717, 1.165) is 25.0 Å². The molecule has 1 aliphatic rings. The van der Waals surface area contributed by atoms with Crippen LogP contribution < -0.4 is 5.32 Å². The van der Waals surface area contributed by atoms with Crippen molar-refractivity contribution in [3.63, 3.8) is 0 Å². The molecule has 108 valence electrons. The SMILES string of the molecule is CC1CCC(CO)(Nc2c(F)cc(C#N)cc2F)CC1. The summed E-state index contributed by atoms with van der Waals surface area (Å²) in [5, 5.41) is 21.1. The molecule has 0 unspecified atom stereocenters. The highest BCUT2D eigenvalue weighted by Gasteiger charge is 2.35. The van der Waals surface area contributed by atoms with E-state index in [4.69, 9.17) is 5.26 Å². The number of halogens is 2. The summed E-state index contributed by atoms with van der Waals surface area (Å²) in [4.78, 5) is 0. The molecule has 0 aliphatic heterocycles. The van der Waals surface area contributed by atoms with Crippen LogP contribution in [-0.2, 0) is 0 Å². The zero-order valence-corrected chi connectivity index (χ0v) is 11.4. The van der Waals surface area contributed by atoms with Crippen molar-refractivity contribution >= 4 is 5.69 Å². The number of aliphatic hydroxyl groups excluding tert-OH is 1. The standard InChI is InChI=1S/C15H18F2N2O/c1-10-2-4-15(9-20,5-3-10)19-14-12(16)6-11(8-18)7-13(14)17/h6-7,10,19-20H,2-5,9H2,1H3. The minimum absolute atomic E-state index is 0.0548. The predicted octanol–water partition coefficient (Wildman–Crippen LogP) is 3.19. The number of hydrogen-bond acceptors (Lipinski definition) is 3. The lowest BCUT2D eigenvalue weighted by Gasteiger charge is -2.39. The van der Waals surface area contributed by atoms with Gasteiger partial charge in [0, 0.05) is 0 Å².